The van der Waals surface area contributed by atoms with Gasteiger partial charge in [0.2, 0.25) is 11.9 Å². The van der Waals surface area contributed by atoms with Gasteiger partial charge in [-0.15, -0.1) is 0 Å². The Kier molecular flexibility index (Phi) is 7.01. The molecule has 2 aromatic carbocycles. The normalized spacial score (nSPS) is 16.1. The number of carbonyl (C=O) groups is 1. The molecule has 3 aromatic rings. The zero-order valence-corrected chi connectivity index (χ0v) is 19.7. The lowest BCUT2D eigenvalue weighted by Crippen LogP contribution is -2.40. The van der Waals surface area contributed by atoms with E-state index in [1.807, 2.05) is 55.5 Å². The minimum atomic E-state index is -0.300. The molecule has 2 amide bonds. The molecule has 0 atom stereocenters. The molecular weight excluding hydrogens is 446 g/mol. The first kappa shape index (κ1) is 23.0. The van der Waals surface area contributed by atoms with E-state index in [0.29, 0.717) is 49.8 Å². The Morgan fingerprint density at radius 3 is 1.66 bits per heavy atom. The van der Waals surface area contributed by atoms with E-state index in [9.17, 15) is 4.79 Å². The minimum Gasteiger partial charge on any atom is -0.378 e. The highest BCUT2D eigenvalue weighted by atomic mass is 16.5. The molecule has 2 fully saturated rings. The highest BCUT2D eigenvalue weighted by Gasteiger charge is 2.21. The molecule has 35 heavy (non-hydrogen) atoms. The summed E-state index contributed by atoms with van der Waals surface area (Å²) in [6.45, 7) is 7.58. The monoisotopic (exact) mass is 475 g/mol. The Balaban J connectivity index is 1.34. The molecule has 0 aliphatic carbocycles. The van der Waals surface area contributed by atoms with Crippen molar-refractivity contribution in [2.75, 3.05) is 73.0 Å². The molecule has 0 saturated carbocycles. The highest BCUT2D eigenvalue weighted by Crippen LogP contribution is 2.24. The summed E-state index contributed by atoms with van der Waals surface area (Å²) in [5.41, 5.74) is 3.40. The molecule has 2 saturated heterocycles. The Hall–Kier alpha value is -3.76. The average molecular weight is 476 g/mol. The van der Waals surface area contributed by atoms with Crippen molar-refractivity contribution < 1.29 is 14.3 Å². The summed E-state index contributed by atoms with van der Waals surface area (Å²) in [5, 5.41) is 5.70. The quantitative estimate of drug-likeness (QED) is 0.580. The first-order chi connectivity index (χ1) is 17.1. The molecule has 10 nitrogen and oxygen atoms in total. The van der Waals surface area contributed by atoms with E-state index in [4.69, 9.17) is 24.4 Å². The molecule has 1 aromatic heterocycles. The van der Waals surface area contributed by atoms with Crippen LogP contribution in [-0.2, 0) is 9.47 Å². The van der Waals surface area contributed by atoms with Crippen molar-refractivity contribution in [2.24, 2.45) is 0 Å². The molecule has 3 heterocycles. The van der Waals surface area contributed by atoms with Crippen LogP contribution in [0.3, 0.4) is 0 Å². The third kappa shape index (κ3) is 5.84. The molecule has 0 radical (unpaired) electrons. The zero-order valence-electron chi connectivity index (χ0n) is 19.7. The van der Waals surface area contributed by atoms with Crippen molar-refractivity contribution >= 4 is 29.3 Å². The summed E-state index contributed by atoms with van der Waals surface area (Å²) in [7, 11) is 0. The number of hydrogen-bond donors (Lipinski definition) is 2. The lowest BCUT2D eigenvalue weighted by Gasteiger charge is -2.30. The van der Waals surface area contributed by atoms with Crippen LogP contribution in [0.2, 0.25) is 0 Å². The number of aryl methyl sites for hydroxylation is 1. The zero-order chi connectivity index (χ0) is 24.0. The van der Waals surface area contributed by atoms with Gasteiger partial charge in [0.25, 0.3) is 0 Å². The number of benzene rings is 2. The summed E-state index contributed by atoms with van der Waals surface area (Å²) in [6.07, 6.45) is 0. The summed E-state index contributed by atoms with van der Waals surface area (Å²) >= 11 is 0. The second-order valence-electron chi connectivity index (χ2n) is 8.48. The Morgan fingerprint density at radius 2 is 1.17 bits per heavy atom. The molecule has 10 heteroatoms. The van der Waals surface area contributed by atoms with Crippen molar-refractivity contribution in [1.82, 2.24) is 15.0 Å². The van der Waals surface area contributed by atoms with Gasteiger partial charge in [0.15, 0.2) is 5.82 Å². The number of ether oxygens (including phenoxy) is 2. The van der Waals surface area contributed by atoms with Gasteiger partial charge in [0.05, 0.1) is 26.4 Å². The van der Waals surface area contributed by atoms with E-state index < -0.39 is 0 Å². The van der Waals surface area contributed by atoms with E-state index in [1.165, 1.54) is 0 Å². The van der Waals surface area contributed by atoms with Gasteiger partial charge in [-0.05, 0) is 43.3 Å². The topological polar surface area (TPSA) is 105 Å². The highest BCUT2D eigenvalue weighted by molar-refractivity contribution is 5.99. The maximum Gasteiger partial charge on any atom is 0.323 e. The number of nitrogens with zero attached hydrogens (tertiary/aromatic N) is 5. The van der Waals surface area contributed by atoms with Crippen molar-refractivity contribution in [1.29, 1.82) is 0 Å². The van der Waals surface area contributed by atoms with Crippen LogP contribution in [0.15, 0.2) is 48.5 Å². The predicted octanol–water partition coefficient (Wildman–Crippen LogP) is 3.16. The van der Waals surface area contributed by atoms with Crippen LogP contribution < -0.4 is 20.4 Å². The molecule has 0 unspecified atom stereocenters. The third-order valence-corrected chi connectivity index (χ3v) is 5.91. The van der Waals surface area contributed by atoms with Crippen LogP contribution in [0.1, 0.15) is 5.56 Å². The summed E-state index contributed by atoms with van der Waals surface area (Å²) in [5.74, 6) is 1.90. The molecular formula is C25H29N7O3. The van der Waals surface area contributed by atoms with E-state index in [-0.39, 0.29) is 6.03 Å². The molecule has 5 rings (SSSR count). The standard InChI is InChI=1S/C25H29N7O3/c1-18-2-6-20(7-3-18)26-25(33)27-21-8-4-19(5-9-21)22-28-23(31-10-14-34-15-11-31)30-24(29-22)32-12-16-35-17-13-32/h2-9H,10-17H2,1H3,(H2,26,27,33). The first-order valence-corrected chi connectivity index (χ1v) is 11.8. The molecule has 182 valence electrons. The fourth-order valence-corrected chi connectivity index (χ4v) is 3.93. The SMILES string of the molecule is Cc1ccc(NC(=O)Nc2ccc(-c3nc(N4CCOCC4)nc(N4CCOCC4)n3)cc2)cc1. The Morgan fingerprint density at radius 1 is 0.714 bits per heavy atom. The van der Waals surface area contributed by atoms with Crippen molar-refractivity contribution in [2.45, 2.75) is 6.92 Å². The smallest absolute Gasteiger partial charge is 0.323 e. The molecule has 2 aliphatic heterocycles. The number of anilines is 4. The maximum absolute atomic E-state index is 12.4. The van der Waals surface area contributed by atoms with Gasteiger partial charge in [0, 0.05) is 43.1 Å². The number of morpholine rings is 2. The predicted molar refractivity (Wildman–Crippen MR) is 135 cm³/mol. The molecule has 2 N–H and O–H groups in total. The number of nitrogens with one attached hydrogen (secondary N) is 2. The second kappa shape index (κ2) is 10.7. The van der Waals surface area contributed by atoms with Crippen LogP contribution >= 0.6 is 0 Å². The fraction of sp³-hybridized carbons (Fsp3) is 0.360. The molecule has 0 spiro atoms. The van der Waals surface area contributed by atoms with E-state index >= 15 is 0 Å². The third-order valence-electron chi connectivity index (χ3n) is 5.91. The van der Waals surface area contributed by atoms with Crippen LogP contribution in [0.4, 0.5) is 28.1 Å². The maximum atomic E-state index is 12.4. The lowest BCUT2D eigenvalue weighted by atomic mass is 10.2. The molecule has 0 bridgehead atoms. The molecule has 2 aliphatic rings. The number of hydrogen-bond acceptors (Lipinski definition) is 8. The number of rotatable bonds is 5. The van der Waals surface area contributed by atoms with Gasteiger partial charge in [-0.1, -0.05) is 17.7 Å². The van der Waals surface area contributed by atoms with Gasteiger partial charge in [-0.2, -0.15) is 15.0 Å². The van der Waals surface area contributed by atoms with Crippen LogP contribution in [-0.4, -0.2) is 73.6 Å². The summed E-state index contributed by atoms with van der Waals surface area (Å²) in [6, 6.07) is 14.9. The number of urea groups is 1. The summed E-state index contributed by atoms with van der Waals surface area (Å²) < 4.78 is 11.0. The average Bonchev–Trinajstić information content (AvgIpc) is 2.91. The second-order valence-corrected chi connectivity index (χ2v) is 8.48. The summed E-state index contributed by atoms with van der Waals surface area (Å²) in [4.78, 5) is 30.9. The number of aromatic nitrogens is 3. The van der Waals surface area contributed by atoms with Crippen molar-refractivity contribution in [3.05, 3.63) is 54.1 Å². The van der Waals surface area contributed by atoms with E-state index in [0.717, 1.165) is 43.0 Å². The van der Waals surface area contributed by atoms with Gasteiger partial charge in [-0.3, -0.25) is 0 Å². The largest absolute Gasteiger partial charge is 0.378 e. The lowest BCUT2D eigenvalue weighted by molar-refractivity contribution is 0.121. The van der Waals surface area contributed by atoms with Crippen LogP contribution in [0.5, 0.6) is 0 Å². The fourth-order valence-electron chi connectivity index (χ4n) is 3.93. The van der Waals surface area contributed by atoms with Crippen LogP contribution in [0.25, 0.3) is 11.4 Å². The Bertz CT molecular complexity index is 1110. The van der Waals surface area contributed by atoms with E-state index in [1.54, 1.807) is 0 Å². The van der Waals surface area contributed by atoms with Gasteiger partial charge < -0.3 is 29.9 Å². The van der Waals surface area contributed by atoms with E-state index in [2.05, 4.69) is 20.4 Å². The van der Waals surface area contributed by atoms with Gasteiger partial charge in [0.1, 0.15) is 0 Å². The van der Waals surface area contributed by atoms with Crippen molar-refractivity contribution in [3.63, 3.8) is 0 Å². The first-order valence-electron chi connectivity index (χ1n) is 11.8. The Labute approximate surface area is 204 Å². The number of amides is 2. The van der Waals surface area contributed by atoms with Crippen LogP contribution in [0, 0.1) is 6.92 Å². The van der Waals surface area contributed by atoms with Gasteiger partial charge in [-0.25, -0.2) is 4.79 Å². The number of carbonyl (C=O) groups excluding carboxylic acids is 1. The van der Waals surface area contributed by atoms with Gasteiger partial charge >= 0.3 is 6.03 Å². The minimum absolute atomic E-state index is 0.300. The van der Waals surface area contributed by atoms with Crippen molar-refractivity contribution in [3.8, 4) is 11.4 Å².